The first kappa shape index (κ1) is 18.1. The molecule has 29 heavy (non-hydrogen) atoms. The molecule has 0 atom stereocenters. The number of fused-ring (bicyclic) bond motifs is 5. The van der Waals surface area contributed by atoms with Crippen molar-refractivity contribution in [3.8, 4) is 0 Å². The summed E-state index contributed by atoms with van der Waals surface area (Å²) in [7, 11) is 0. The number of pyridine rings is 1. The molecular weight excluding hydrogens is 388 g/mol. The molecule has 0 fully saturated rings. The fourth-order valence-electron chi connectivity index (χ4n) is 3.60. The van der Waals surface area contributed by atoms with E-state index in [4.69, 9.17) is 9.72 Å². The third kappa shape index (κ3) is 3.16. The van der Waals surface area contributed by atoms with Gasteiger partial charge in [0.1, 0.15) is 10.7 Å². The van der Waals surface area contributed by atoms with Crippen molar-refractivity contribution in [2.45, 2.75) is 45.9 Å². The number of aromatic nitrogens is 5. The van der Waals surface area contributed by atoms with Crippen molar-refractivity contribution >= 4 is 33.1 Å². The van der Waals surface area contributed by atoms with Crippen LogP contribution >= 0.6 is 11.3 Å². The molecule has 9 heteroatoms. The minimum absolute atomic E-state index is 0.137. The van der Waals surface area contributed by atoms with Gasteiger partial charge in [0.15, 0.2) is 5.65 Å². The van der Waals surface area contributed by atoms with E-state index in [1.54, 1.807) is 28.2 Å². The van der Waals surface area contributed by atoms with E-state index in [0.29, 0.717) is 24.6 Å². The second-order valence-corrected chi connectivity index (χ2v) is 8.87. The Morgan fingerprint density at radius 2 is 2.24 bits per heavy atom. The zero-order chi connectivity index (χ0) is 20.2. The largest absolute Gasteiger partial charge is 0.370 e. The number of thiophene rings is 1. The van der Waals surface area contributed by atoms with E-state index in [1.807, 2.05) is 19.1 Å². The summed E-state index contributed by atoms with van der Waals surface area (Å²) in [5.74, 6) is 0.514. The highest BCUT2D eigenvalue weighted by molar-refractivity contribution is 7.19. The summed E-state index contributed by atoms with van der Waals surface area (Å²) in [6.45, 7) is 6.98. The van der Waals surface area contributed by atoms with Crippen molar-refractivity contribution in [2.24, 2.45) is 0 Å². The molecule has 0 aliphatic carbocycles. The smallest absolute Gasteiger partial charge is 0.291 e. The predicted octanol–water partition coefficient (Wildman–Crippen LogP) is 2.82. The van der Waals surface area contributed by atoms with Crippen molar-refractivity contribution in [3.05, 3.63) is 52.2 Å². The van der Waals surface area contributed by atoms with E-state index in [1.165, 1.54) is 10.4 Å². The van der Waals surface area contributed by atoms with Gasteiger partial charge in [0, 0.05) is 30.2 Å². The molecule has 0 radical (unpaired) electrons. The molecule has 0 unspecified atom stereocenters. The number of ether oxygens (including phenoxy) is 1. The second kappa shape index (κ2) is 6.57. The molecule has 1 aliphatic heterocycles. The second-order valence-electron chi connectivity index (χ2n) is 7.78. The van der Waals surface area contributed by atoms with Gasteiger partial charge in [-0.25, -0.2) is 9.97 Å². The average Bonchev–Trinajstić information content (AvgIpc) is 3.28. The number of hydrogen-bond acceptors (Lipinski definition) is 7. The Hall–Kier alpha value is -2.91. The van der Waals surface area contributed by atoms with Crippen molar-refractivity contribution in [2.75, 3.05) is 0 Å². The first-order valence-electron chi connectivity index (χ1n) is 9.40. The molecule has 8 nitrogen and oxygen atoms in total. The first-order chi connectivity index (χ1) is 13.9. The van der Waals surface area contributed by atoms with E-state index in [2.05, 4.69) is 34.2 Å². The Morgan fingerprint density at radius 3 is 3.03 bits per heavy atom. The van der Waals surface area contributed by atoms with Gasteiger partial charge in [0.05, 0.1) is 17.6 Å². The summed E-state index contributed by atoms with van der Waals surface area (Å²) < 4.78 is 7.62. The SMILES string of the molecule is Cc1nc2sc3c(c2c2nc(C(=O)NCc4cccnc4)nn12)CC(C)(C)OC3. The van der Waals surface area contributed by atoms with E-state index < -0.39 is 0 Å². The zero-order valence-electron chi connectivity index (χ0n) is 16.4. The lowest BCUT2D eigenvalue weighted by Crippen LogP contribution is -2.31. The number of hydrogen-bond donors (Lipinski definition) is 1. The molecule has 4 aromatic rings. The van der Waals surface area contributed by atoms with Crippen LogP contribution in [-0.2, 0) is 24.3 Å². The number of amides is 1. The summed E-state index contributed by atoms with van der Waals surface area (Å²) in [6.07, 6.45) is 4.19. The average molecular weight is 408 g/mol. The maximum Gasteiger partial charge on any atom is 0.291 e. The van der Waals surface area contributed by atoms with Crippen LogP contribution in [0.4, 0.5) is 0 Å². The molecule has 0 spiro atoms. The van der Waals surface area contributed by atoms with Crippen LogP contribution in [0, 0.1) is 6.92 Å². The molecule has 1 amide bonds. The lowest BCUT2D eigenvalue weighted by atomic mass is 9.94. The van der Waals surface area contributed by atoms with Gasteiger partial charge in [-0.2, -0.15) is 4.52 Å². The summed E-state index contributed by atoms with van der Waals surface area (Å²) in [5.41, 5.74) is 2.55. The summed E-state index contributed by atoms with van der Waals surface area (Å²) in [4.78, 5) is 28.1. The quantitative estimate of drug-likeness (QED) is 0.560. The minimum atomic E-state index is -0.321. The normalized spacial score (nSPS) is 15.6. The molecule has 5 heterocycles. The van der Waals surface area contributed by atoms with Gasteiger partial charge in [-0.1, -0.05) is 6.07 Å². The fourth-order valence-corrected chi connectivity index (χ4v) is 4.75. The van der Waals surface area contributed by atoms with Crippen molar-refractivity contribution in [1.82, 2.24) is 29.9 Å². The number of aryl methyl sites for hydroxylation is 1. The standard InChI is InChI=1S/C20H20N6O2S/c1-11-23-19-15(13-7-20(2,3)28-10-14(13)29-19)17-24-16(25-26(11)17)18(27)22-9-12-5-4-6-21-8-12/h4-6,8H,7,9-10H2,1-3H3,(H,22,27). The van der Waals surface area contributed by atoms with E-state index in [0.717, 1.165) is 22.2 Å². The van der Waals surface area contributed by atoms with Gasteiger partial charge in [0.2, 0.25) is 5.82 Å². The van der Waals surface area contributed by atoms with E-state index >= 15 is 0 Å². The first-order valence-corrected chi connectivity index (χ1v) is 10.2. The van der Waals surface area contributed by atoms with Gasteiger partial charge >= 0.3 is 0 Å². The molecule has 0 aromatic carbocycles. The van der Waals surface area contributed by atoms with Gasteiger partial charge in [-0.05, 0) is 38.0 Å². The van der Waals surface area contributed by atoms with Crippen molar-refractivity contribution in [3.63, 3.8) is 0 Å². The molecule has 1 aliphatic rings. The highest BCUT2D eigenvalue weighted by Crippen LogP contribution is 2.39. The zero-order valence-corrected chi connectivity index (χ0v) is 17.2. The van der Waals surface area contributed by atoms with Crippen LogP contribution in [0.3, 0.4) is 0 Å². The molecule has 0 saturated heterocycles. The van der Waals surface area contributed by atoms with E-state index in [9.17, 15) is 4.79 Å². The molecule has 148 valence electrons. The van der Waals surface area contributed by atoms with Crippen LogP contribution < -0.4 is 5.32 Å². The maximum atomic E-state index is 12.7. The monoisotopic (exact) mass is 408 g/mol. The van der Waals surface area contributed by atoms with Gasteiger partial charge < -0.3 is 10.1 Å². The third-order valence-corrected chi connectivity index (χ3v) is 6.15. The van der Waals surface area contributed by atoms with Crippen LogP contribution in [0.15, 0.2) is 24.5 Å². The fraction of sp³-hybridized carbons (Fsp3) is 0.350. The molecule has 1 N–H and O–H groups in total. The number of rotatable bonds is 3. The topological polar surface area (TPSA) is 94.3 Å². The van der Waals surface area contributed by atoms with Crippen molar-refractivity contribution in [1.29, 1.82) is 0 Å². The highest BCUT2D eigenvalue weighted by atomic mass is 32.1. The third-order valence-electron chi connectivity index (χ3n) is 5.05. The van der Waals surface area contributed by atoms with Crippen LogP contribution in [-0.4, -0.2) is 36.1 Å². The number of carbonyl (C=O) groups excluding carboxylic acids is 1. The van der Waals surface area contributed by atoms with Gasteiger partial charge in [0.25, 0.3) is 5.91 Å². The van der Waals surface area contributed by atoms with Crippen molar-refractivity contribution < 1.29 is 9.53 Å². The Morgan fingerprint density at radius 1 is 1.38 bits per heavy atom. The van der Waals surface area contributed by atoms with Crippen LogP contribution in [0.2, 0.25) is 0 Å². The van der Waals surface area contributed by atoms with Crippen LogP contribution in [0.25, 0.3) is 15.9 Å². The van der Waals surface area contributed by atoms with Gasteiger partial charge in [-0.15, -0.1) is 16.4 Å². The molecular formula is C20H20N6O2S. The summed E-state index contributed by atoms with van der Waals surface area (Å²) >= 11 is 1.63. The number of nitrogens with zero attached hydrogens (tertiary/aromatic N) is 5. The Balaban J connectivity index is 1.55. The van der Waals surface area contributed by atoms with Crippen LogP contribution in [0.5, 0.6) is 0 Å². The summed E-state index contributed by atoms with van der Waals surface area (Å²) in [6, 6.07) is 3.74. The molecule has 0 bridgehead atoms. The Bertz CT molecular complexity index is 1240. The van der Waals surface area contributed by atoms with Crippen LogP contribution in [0.1, 0.15) is 46.3 Å². The molecule has 5 rings (SSSR count). The number of carbonyl (C=O) groups is 1. The predicted molar refractivity (Wildman–Crippen MR) is 109 cm³/mol. The molecule has 4 aromatic heterocycles. The highest BCUT2D eigenvalue weighted by Gasteiger charge is 2.31. The maximum absolute atomic E-state index is 12.7. The lowest BCUT2D eigenvalue weighted by Gasteiger charge is -2.30. The minimum Gasteiger partial charge on any atom is -0.370 e. The van der Waals surface area contributed by atoms with Gasteiger partial charge in [-0.3, -0.25) is 9.78 Å². The van der Waals surface area contributed by atoms with E-state index in [-0.39, 0.29) is 17.3 Å². The lowest BCUT2D eigenvalue weighted by molar-refractivity contribution is -0.0379. The molecule has 0 saturated carbocycles. The Labute approximate surface area is 171 Å². The summed E-state index contributed by atoms with van der Waals surface area (Å²) in [5, 5.41) is 8.26. The number of nitrogens with one attached hydrogen (secondary N) is 1. The Kier molecular flexibility index (Phi) is 4.11.